The van der Waals surface area contributed by atoms with Gasteiger partial charge in [0.2, 0.25) is 5.88 Å². The molecule has 0 saturated carbocycles. The summed E-state index contributed by atoms with van der Waals surface area (Å²) in [7, 11) is 3.79. The molecule has 0 spiro atoms. The lowest BCUT2D eigenvalue weighted by molar-refractivity contribution is -0.384. The Kier molecular flexibility index (Phi) is 5.45. The molecule has 0 fully saturated rings. The van der Waals surface area contributed by atoms with E-state index >= 15 is 0 Å². The Hall–Kier alpha value is -3.33. The topological polar surface area (TPSA) is 98.5 Å². The van der Waals surface area contributed by atoms with Crippen LogP contribution < -0.4 is 4.74 Å². The molecule has 0 unspecified atom stereocenters. The Morgan fingerprint density at radius 1 is 1.23 bits per heavy atom. The van der Waals surface area contributed by atoms with Crippen molar-refractivity contribution in [1.29, 1.82) is 0 Å². The molecule has 0 amide bonds. The molecule has 0 radical (unpaired) electrons. The Morgan fingerprint density at radius 2 is 2.00 bits per heavy atom. The van der Waals surface area contributed by atoms with Crippen LogP contribution in [0.3, 0.4) is 0 Å². The van der Waals surface area contributed by atoms with Crippen LogP contribution in [0.4, 0.5) is 5.69 Å². The van der Waals surface area contributed by atoms with E-state index in [4.69, 9.17) is 4.74 Å². The second-order valence-electron chi connectivity index (χ2n) is 7.22. The van der Waals surface area contributed by atoms with Crippen LogP contribution in [-0.4, -0.2) is 46.3 Å². The smallest absolute Gasteiger partial charge is 0.269 e. The Morgan fingerprint density at radius 3 is 2.70 bits per heavy atom. The molecule has 9 heteroatoms. The van der Waals surface area contributed by atoms with Gasteiger partial charge < -0.3 is 9.64 Å². The van der Waals surface area contributed by atoms with Crippen molar-refractivity contribution in [3.63, 3.8) is 0 Å². The third kappa shape index (κ3) is 3.88. The van der Waals surface area contributed by atoms with Crippen LogP contribution in [0.1, 0.15) is 22.4 Å². The first-order chi connectivity index (χ1) is 14.4. The number of ether oxygens (including phenoxy) is 1. The van der Waals surface area contributed by atoms with Crippen molar-refractivity contribution in [2.75, 3.05) is 20.7 Å². The van der Waals surface area contributed by atoms with Gasteiger partial charge in [0.05, 0.1) is 22.5 Å². The average molecular weight is 424 g/mol. The van der Waals surface area contributed by atoms with E-state index in [1.807, 2.05) is 25.2 Å². The number of fused-ring (bicyclic) bond motifs is 3. The van der Waals surface area contributed by atoms with Crippen LogP contribution >= 0.6 is 11.3 Å². The molecule has 154 valence electrons. The fourth-order valence-corrected chi connectivity index (χ4v) is 4.68. The van der Waals surface area contributed by atoms with Gasteiger partial charge >= 0.3 is 0 Å². The summed E-state index contributed by atoms with van der Waals surface area (Å²) >= 11 is 1.49. The predicted octanol–water partition coefficient (Wildman–Crippen LogP) is 3.64. The van der Waals surface area contributed by atoms with Gasteiger partial charge in [0.1, 0.15) is 11.2 Å². The number of nitro benzene ring substituents is 1. The van der Waals surface area contributed by atoms with E-state index in [2.05, 4.69) is 9.97 Å². The van der Waals surface area contributed by atoms with Gasteiger partial charge in [-0.15, -0.1) is 11.3 Å². The predicted molar refractivity (Wildman–Crippen MR) is 115 cm³/mol. The molecule has 3 aromatic rings. The highest BCUT2D eigenvalue weighted by Gasteiger charge is 2.28. The van der Waals surface area contributed by atoms with Crippen molar-refractivity contribution in [3.8, 4) is 5.88 Å². The monoisotopic (exact) mass is 424 g/mol. The first-order valence-electron chi connectivity index (χ1n) is 9.48. The van der Waals surface area contributed by atoms with Gasteiger partial charge in [-0.3, -0.25) is 14.9 Å². The van der Waals surface area contributed by atoms with Crippen LogP contribution in [0.5, 0.6) is 5.88 Å². The zero-order valence-electron chi connectivity index (χ0n) is 16.6. The molecule has 2 heterocycles. The number of rotatable bonds is 6. The fourth-order valence-electron chi connectivity index (χ4n) is 3.47. The number of thiophene rings is 1. The van der Waals surface area contributed by atoms with E-state index in [0.717, 1.165) is 26.2 Å². The van der Waals surface area contributed by atoms with Crippen molar-refractivity contribution in [2.24, 2.45) is 0 Å². The van der Waals surface area contributed by atoms with E-state index in [1.54, 1.807) is 12.1 Å². The minimum absolute atomic E-state index is 0.0678. The Balaban J connectivity index is 1.58. The van der Waals surface area contributed by atoms with E-state index < -0.39 is 4.92 Å². The highest BCUT2D eigenvalue weighted by Crippen LogP contribution is 2.42. The third-order valence-electron chi connectivity index (χ3n) is 4.86. The maximum atomic E-state index is 12.5. The number of aromatic nitrogens is 2. The second kappa shape index (κ2) is 8.19. The van der Waals surface area contributed by atoms with Crippen molar-refractivity contribution < 1.29 is 14.5 Å². The first kappa shape index (κ1) is 20.0. The van der Waals surface area contributed by atoms with Crippen molar-refractivity contribution >= 4 is 38.6 Å². The number of hydrogen-bond donors (Lipinski definition) is 0. The summed E-state index contributed by atoms with van der Waals surface area (Å²) in [6, 6.07) is 6.44. The standard InChI is InChI=1S/C21H20N4O4S/c1-24(2)11-16-17(26)8-7-15-18-20(22-12-23-21(18)30-19(15)16)29-10-9-13-3-5-14(6-4-13)25(27)28/h3-6,11-12H,7-10H2,1-2H3/b16-11+. The molecule has 1 aromatic carbocycles. The van der Waals surface area contributed by atoms with Gasteiger partial charge in [0.15, 0.2) is 5.78 Å². The fraction of sp³-hybridized carbons (Fsp3) is 0.286. The SMILES string of the molecule is CN(C)/C=C1\C(=O)CCc2c1sc1ncnc(OCCc3ccc([N+](=O)[O-])cc3)c21. The zero-order chi connectivity index (χ0) is 21.3. The van der Waals surface area contributed by atoms with Gasteiger partial charge in [-0.25, -0.2) is 9.97 Å². The lowest BCUT2D eigenvalue weighted by Gasteiger charge is -2.16. The molecule has 4 rings (SSSR count). The summed E-state index contributed by atoms with van der Waals surface area (Å²) in [4.78, 5) is 35.1. The minimum atomic E-state index is -0.415. The van der Waals surface area contributed by atoms with Gasteiger partial charge in [-0.05, 0) is 17.5 Å². The summed E-state index contributed by atoms with van der Waals surface area (Å²) in [5.74, 6) is 0.648. The maximum absolute atomic E-state index is 12.5. The molecule has 0 aliphatic heterocycles. The van der Waals surface area contributed by atoms with Gasteiger partial charge in [0, 0.05) is 50.1 Å². The number of nitrogens with zero attached hydrogens (tertiary/aromatic N) is 4. The molecule has 8 nitrogen and oxygen atoms in total. The average Bonchev–Trinajstić information content (AvgIpc) is 3.10. The zero-order valence-corrected chi connectivity index (χ0v) is 17.4. The molecule has 0 saturated heterocycles. The van der Waals surface area contributed by atoms with E-state index in [1.165, 1.54) is 29.8 Å². The number of allylic oxidation sites excluding steroid dienone is 1. The van der Waals surface area contributed by atoms with E-state index in [-0.39, 0.29) is 11.5 Å². The van der Waals surface area contributed by atoms with Crippen molar-refractivity contribution in [1.82, 2.24) is 14.9 Å². The number of nitro groups is 1. The van der Waals surface area contributed by atoms with Crippen LogP contribution in [0, 0.1) is 10.1 Å². The normalized spacial score (nSPS) is 14.7. The lowest BCUT2D eigenvalue weighted by Crippen LogP contribution is -2.14. The summed E-state index contributed by atoms with van der Waals surface area (Å²) in [6.07, 6.45) is 5.03. The maximum Gasteiger partial charge on any atom is 0.269 e. The molecule has 0 atom stereocenters. The molecule has 1 aliphatic rings. The molecule has 0 N–H and O–H groups in total. The number of Topliss-reactive ketones (excluding diaryl/α,β-unsaturated/α-hetero) is 1. The number of carbonyl (C=O) groups is 1. The quantitative estimate of drug-likeness (QED) is 0.338. The largest absolute Gasteiger partial charge is 0.477 e. The Labute approximate surface area is 177 Å². The molecule has 0 bridgehead atoms. The summed E-state index contributed by atoms with van der Waals surface area (Å²) < 4.78 is 5.98. The van der Waals surface area contributed by atoms with Crippen LogP contribution in [0.15, 0.2) is 36.8 Å². The number of aryl methyl sites for hydroxylation is 1. The number of non-ortho nitro benzene ring substituents is 1. The first-order valence-corrected chi connectivity index (χ1v) is 10.3. The minimum Gasteiger partial charge on any atom is -0.477 e. The van der Waals surface area contributed by atoms with Gasteiger partial charge in [0.25, 0.3) is 5.69 Å². The Bertz CT molecular complexity index is 1150. The molecule has 30 heavy (non-hydrogen) atoms. The van der Waals surface area contributed by atoms with Gasteiger partial charge in [-0.2, -0.15) is 0 Å². The van der Waals surface area contributed by atoms with Crippen LogP contribution in [0.2, 0.25) is 0 Å². The van der Waals surface area contributed by atoms with E-state index in [9.17, 15) is 14.9 Å². The third-order valence-corrected chi connectivity index (χ3v) is 6.04. The molecular weight excluding hydrogens is 404 g/mol. The van der Waals surface area contributed by atoms with Crippen LogP contribution in [0.25, 0.3) is 15.8 Å². The highest BCUT2D eigenvalue weighted by atomic mass is 32.1. The number of benzene rings is 1. The highest BCUT2D eigenvalue weighted by molar-refractivity contribution is 7.20. The van der Waals surface area contributed by atoms with Crippen LogP contribution in [-0.2, 0) is 17.6 Å². The molecular formula is C21H20N4O4S. The molecule has 1 aliphatic carbocycles. The number of ketones is 1. The van der Waals surface area contributed by atoms with Crippen molar-refractivity contribution in [3.05, 3.63) is 62.9 Å². The number of carbonyl (C=O) groups excluding carboxylic acids is 1. The van der Waals surface area contributed by atoms with Crippen molar-refractivity contribution in [2.45, 2.75) is 19.3 Å². The summed E-state index contributed by atoms with van der Waals surface area (Å²) in [5, 5.41) is 11.6. The van der Waals surface area contributed by atoms with Gasteiger partial charge in [-0.1, -0.05) is 12.1 Å². The summed E-state index contributed by atoms with van der Waals surface area (Å²) in [6.45, 7) is 0.383. The lowest BCUT2D eigenvalue weighted by atomic mass is 9.92. The second-order valence-corrected chi connectivity index (χ2v) is 8.22. The molecule has 2 aromatic heterocycles. The van der Waals surface area contributed by atoms with E-state index in [0.29, 0.717) is 37.3 Å². The summed E-state index contributed by atoms with van der Waals surface area (Å²) in [5.41, 5.74) is 2.79. The number of hydrogen-bond acceptors (Lipinski definition) is 8.